The first-order valence-corrected chi connectivity index (χ1v) is 9.25. The van der Waals surface area contributed by atoms with Crippen molar-refractivity contribution in [3.63, 3.8) is 0 Å². The zero-order valence-electron chi connectivity index (χ0n) is 16.4. The fourth-order valence-electron chi connectivity index (χ4n) is 3.28. The highest BCUT2D eigenvalue weighted by Gasteiger charge is 2.18. The van der Waals surface area contributed by atoms with Crippen molar-refractivity contribution in [2.24, 2.45) is 7.05 Å². The van der Waals surface area contributed by atoms with Crippen LogP contribution in [0.4, 0.5) is 0 Å². The van der Waals surface area contributed by atoms with Crippen molar-refractivity contribution >= 4 is 11.0 Å². The maximum absolute atomic E-state index is 13.2. The van der Waals surface area contributed by atoms with Crippen LogP contribution in [0.25, 0.3) is 27.8 Å². The van der Waals surface area contributed by atoms with Gasteiger partial charge in [0.1, 0.15) is 11.3 Å². The number of aryl methyl sites for hydroxylation is 3. The summed E-state index contributed by atoms with van der Waals surface area (Å²) in [6.45, 7) is 7.02. The molecule has 8 heteroatoms. The fourth-order valence-corrected chi connectivity index (χ4v) is 3.28. The molecule has 144 valence electrons. The van der Waals surface area contributed by atoms with Gasteiger partial charge in [-0.15, -0.1) is 5.10 Å². The van der Waals surface area contributed by atoms with E-state index in [0.717, 1.165) is 28.1 Å². The molecule has 0 atom stereocenters. The molecule has 1 aromatic carbocycles. The predicted molar refractivity (Wildman–Crippen MR) is 107 cm³/mol. The minimum atomic E-state index is -0.199. The quantitative estimate of drug-likeness (QED) is 0.533. The van der Waals surface area contributed by atoms with Crippen molar-refractivity contribution in [1.29, 1.82) is 0 Å². The standard InChI is InChI=1S/C20H22N6O2/c1-5-26-22-18-16(14-10-21-24(4)11-14)12-25(20(27)19(18)23-26)17-8-7-15(28-6-2)9-13(17)3/h7-12H,5-6H2,1-4H3. The van der Waals surface area contributed by atoms with E-state index in [4.69, 9.17) is 4.74 Å². The lowest BCUT2D eigenvalue weighted by Gasteiger charge is -2.12. The molecule has 8 nitrogen and oxygen atoms in total. The Labute approximate surface area is 162 Å². The van der Waals surface area contributed by atoms with Crippen LogP contribution in [-0.4, -0.2) is 35.9 Å². The van der Waals surface area contributed by atoms with E-state index in [1.807, 2.05) is 58.4 Å². The van der Waals surface area contributed by atoms with Crippen LogP contribution in [0.15, 0.2) is 41.6 Å². The lowest BCUT2D eigenvalue weighted by molar-refractivity contribution is 0.340. The normalized spacial score (nSPS) is 11.3. The van der Waals surface area contributed by atoms with E-state index in [9.17, 15) is 4.79 Å². The molecular weight excluding hydrogens is 356 g/mol. The van der Waals surface area contributed by atoms with Gasteiger partial charge in [0.25, 0.3) is 5.56 Å². The molecule has 0 fully saturated rings. The first kappa shape index (κ1) is 18.0. The summed E-state index contributed by atoms with van der Waals surface area (Å²) in [5.41, 5.74) is 4.15. The average Bonchev–Trinajstić information content (AvgIpc) is 3.30. The second-order valence-corrected chi connectivity index (χ2v) is 6.59. The molecule has 0 saturated heterocycles. The van der Waals surface area contributed by atoms with E-state index in [2.05, 4.69) is 15.3 Å². The van der Waals surface area contributed by atoms with Crippen LogP contribution in [0.1, 0.15) is 19.4 Å². The Hall–Kier alpha value is -3.42. The molecule has 0 spiro atoms. The molecule has 0 bridgehead atoms. The number of hydrogen-bond donors (Lipinski definition) is 0. The Bertz CT molecular complexity index is 1220. The van der Waals surface area contributed by atoms with Crippen LogP contribution in [0.5, 0.6) is 5.75 Å². The van der Waals surface area contributed by atoms with Gasteiger partial charge in [-0.3, -0.25) is 14.0 Å². The Morgan fingerprint density at radius 1 is 1.11 bits per heavy atom. The van der Waals surface area contributed by atoms with Crippen molar-refractivity contribution in [3.05, 3.63) is 52.7 Å². The van der Waals surface area contributed by atoms with Crippen LogP contribution in [-0.2, 0) is 13.6 Å². The molecule has 0 aliphatic heterocycles. The summed E-state index contributed by atoms with van der Waals surface area (Å²) in [7, 11) is 1.86. The minimum absolute atomic E-state index is 0.199. The predicted octanol–water partition coefficient (Wildman–Crippen LogP) is 2.71. The largest absolute Gasteiger partial charge is 0.494 e. The number of fused-ring (bicyclic) bond motifs is 1. The van der Waals surface area contributed by atoms with Gasteiger partial charge in [0, 0.05) is 30.6 Å². The van der Waals surface area contributed by atoms with E-state index in [0.29, 0.717) is 24.2 Å². The molecule has 0 N–H and O–H groups in total. The van der Waals surface area contributed by atoms with E-state index in [-0.39, 0.29) is 5.56 Å². The van der Waals surface area contributed by atoms with Crippen molar-refractivity contribution < 1.29 is 4.74 Å². The molecule has 0 amide bonds. The van der Waals surface area contributed by atoms with E-state index in [1.165, 1.54) is 0 Å². The maximum atomic E-state index is 13.2. The number of rotatable bonds is 5. The summed E-state index contributed by atoms with van der Waals surface area (Å²) < 4.78 is 8.92. The van der Waals surface area contributed by atoms with Crippen LogP contribution in [0, 0.1) is 6.92 Å². The Morgan fingerprint density at radius 3 is 2.54 bits per heavy atom. The zero-order valence-corrected chi connectivity index (χ0v) is 16.4. The summed E-state index contributed by atoms with van der Waals surface area (Å²) in [5, 5.41) is 13.2. The SMILES string of the molecule is CCOc1ccc(-n2cc(-c3cnn(C)c3)c3nn(CC)nc3c2=O)c(C)c1. The third kappa shape index (κ3) is 2.96. The lowest BCUT2D eigenvalue weighted by Crippen LogP contribution is -2.19. The van der Waals surface area contributed by atoms with Crippen molar-refractivity contribution in [2.45, 2.75) is 27.3 Å². The number of ether oxygens (including phenoxy) is 1. The van der Waals surface area contributed by atoms with Crippen LogP contribution < -0.4 is 10.3 Å². The monoisotopic (exact) mass is 378 g/mol. The first-order valence-electron chi connectivity index (χ1n) is 9.25. The highest BCUT2D eigenvalue weighted by Crippen LogP contribution is 2.27. The molecular formula is C20H22N6O2. The summed E-state index contributed by atoms with van der Waals surface area (Å²) in [4.78, 5) is 14.7. The van der Waals surface area contributed by atoms with Gasteiger partial charge in [0.15, 0.2) is 5.52 Å². The summed E-state index contributed by atoms with van der Waals surface area (Å²) in [6, 6.07) is 5.70. The Kier molecular flexibility index (Phi) is 4.46. The van der Waals surface area contributed by atoms with Crippen LogP contribution >= 0.6 is 0 Å². The molecule has 0 radical (unpaired) electrons. The fraction of sp³-hybridized carbons (Fsp3) is 0.300. The van der Waals surface area contributed by atoms with Gasteiger partial charge in [-0.25, -0.2) is 0 Å². The second-order valence-electron chi connectivity index (χ2n) is 6.59. The third-order valence-corrected chi connectivity index (χ3v) is 4.63. The van der Waals surface area contributed by atoms with Gasteiger partial charge >= 0.3 is 0 Å². The molecule has 0 unspecified atom stereocenters. The molecule has 0 saturated carbocycles. The Balaban J connectivity index is 1.99. The number of pyridine rings is 1. The van der Waals surface area contributed by atoms with Gasteiger partial charge in [0.2, 0.25) is 0 Å². The van der Waals surface area contributed by atoms with E-state index < -0.39 is 0 Å². The summed E-state index contributed by atoms with van der Waals surface area (Å²) in [6.07, 6.45) is 5.48. The van der Waals surface area contributed by atoms with Gasteiger partial charge in [-0.1, -0.05) is 0 Å². The molecule has 4 rings (SSSR count). The van der Waals surface area contributed by atoms with Crippen molar-refractivity contribution in [2.75, 3.05) is 6.61 Å². The molecule has 4 aromatic rings. The minimum Gasteiger partial charge on any atom is -0.494 e. The molecule has 28 heavy (non-hydrogen) atoms. The lowest BCUT2D eigenvalue weighted by atomic mass is 10.1. The smallest absolute Gasteiger partial charge is 0.285 e. The number of hydrogen-bond acceptors (Lipinski definition) is 5. The molecule has 0 aliphatic rings. The number of benzene rings is 1. The van der Waals surface area contributed by atoms with Crippen molar-refractivity contribution in [3.8, 4) is 22.6 Å². The molecule has 3 aromatic heterocycles. The summed E-state index contributed by atoms with van der Waals surface area (Å²) in [5.74, 6) is 0.780. The van der Waals surface area contributed by atoms with Crippen LogP contribution in [0.2, 0.25) is 0 Å². The second kappa shape index (κ2) is 6.95. The van der Waals surface area contributed by atoms with E-state index >= 15 is 0 Å². The third-order valence-electron chi connectivity index (χ3n) is 4.63. The average molecular weight is 378 g/mol. The zero-order chi connectivity index (χ0) is 19.8. The maximum Gasteiger partial charge on any atom is 0.285 e. The van der Waals surface area contributed by atoms with Crippen molar-refractivity contribution in [1.82, 2.24) is 29.3 Å². The molecule has 0 aliphatic carbocycles. The highest BCUT2D eigenvalue weighted by atomic mass is 16.5. The van der Waals surface area contributed by atoms with Gasteiger partial charge in [-0.2, -0.15) is 15.0 Å². The Morgan fingerprint density at radius 2 is 1.89 bits per heavy atom. The van der Waals surface area contributed by atoms with E-state index in [1.54, 1.807) is 20.2 Å². The topological polar surface area (TPSA) is 79.8 Å². The van der Waals surface area contributed by atoms with Gasteiger partial charge < -0.3 is 4.74 Å². The van der Waals surface area contributed by atoms with Crippen LogP contribution in [0.3, 0.4) is 0 Å². The number of aromatic nitrogens is 6. The van der Waals surface area contributed by atoms with Gasteiger partial charge in [-0.05, 0) is 44.5 Å². The first-order chi connectivity index (χ1) is 13.5. The molecule has 3 heterocycles. The summed E-state index contributed by atoms with van der Waals surface area (Å²) >= 11 is 0. The highest BCUT2D eigenvalue weighted by molar-refractivity contribution is 5.90. The number of nitrogens with zero attached hydrogens (tertiary/aromatic N) is 6. The van der Waals surface area contributed by atoms with Gasteiger partial charge in [0.05, 0.1) is 25.0 Å².